The molecule has 0 fully saturated rings. The molecule has 0 rings (SSSR count). The van der Waals surface area contributed by atoms with Gasteiger partial charge >= 0.3 is 7.32 Å². The van der Waals surface area contributed by atoms with Gasteiger partial charge in [-0.05, 0) is 18.4 Å². The Morgan fingerprint density at radius 3 is 1.04 bits per heavy atom. The zero-order valence-electron chi connectivity index (χ0n) is 16.3. The molecule has 0 radical (unpaired) electrons. The van der Waals surface area contributed by atoms with E-state index in [1.807, 2.05) is 11.8 Å². The summed E-state index contributed by atoms with van der Waals surface area (Å²) in [7, 11) is -2.17. The number of hydrogen-bond acceptors (Lipinski definition) is 4. The number of unbranched alkanes of at least 4 members (excludes halogenated alkanes) is 15. The summed E-state index contributed by atoms with van der Waals surface area (Å²) in [6, 6.07) is 0. The maximum Gasteiger partial charge on any atom is 0.631 e. The van der Waals surface area contributed by atoms with Gasteiger partial charge in [0.25, 0.3) is 0 Å². The summed E-state index contributed by atoms with van der Waals surface area (Å²) >= 11 is 1.99. The van der Waals surface area contributed by atoms with Crippen LogP contribution in [0.3, 0.4) is 0 Å². The summed E-state index contributed by atoms with van der Waals surface area (Å²) in [5, 5.41) is 21.5. The first-order chi connectivity index (χ1) is 11.6. The molecule has 0 saturated carbocycles. The molecule has 3 N–H and O–H groups in total. The maximum absolute atomic E-state index is 7.17. The SMILES string of the molecule is CCCCCCCCCCCCCCCCCCSC.OB(O)O. The van der Waals surface area contributed by atoms with Crippen LogP contribution in [0.15, 0.2) is 0 Å². The van der Waals surface area contributed by atoms with Crippen LogP contribution in [0, 0.1) is 0 Å². The Hall–Kier alpha value is 0.295. The highest BCUT2D eigenvalue weighted by atomic mass is 32.2. The van der Waals surface area contributed by atoms with E-state index in [1.54, 1.807) is 0 Å². The molecule has 3 nitrogen and oxygen atoms in total. The predicted octanol–water partition coefficient (Wildman–Crippen LogP) is 5.56. The lowest BCUT2D eigenvalue weighted by Crippen LogP contribution is -2.07. The van der Waals surface area contributed by atoms with Crippen LogP contribution in [0.4, 0.5) is 0 Å². The number of thioether (sulfide) groups is 1. The van der Waals surface area contributed by atoms with E-state index in [4.69, 9.17) is 15.1 Å². The molecular weight excluding hydrogens is 319 g/mol. The van der Waals surface area contributed by atoms with Gasteiger partial charge in [0.15, 0.2) is 0 Å². The average molecular weight is 362 g/mol. The minimum Gasteiger partial charge on any atom is -0.402 e. The van der Waals surface area contributed by atoms with Gasteiger partial charge in [-0.15, -0.1) is 0 Å². The van der Waals surface area contributed by atoms with Gasteiger partial charge in [-0.3, -0.25) is 0 Å². The van der Waals surface area contributed by atoms with Crippen molar-refractivity contribution in [1.82, 2.24) is 0 Å². The molecule has 0 amide bonds. The average Bonchev–Trinajstić information content (AvgIpc) is 2.54. The van der Waals surface area contributed by atoms with Crippen LogP contribution in [0.1, 0.15) is 110 Å². The molecule has 0 unspecified atom stereocenters. The van der Waals surface area contributed by atoms with Gasteiger partial charge in [0, 0.05) is 0 Å². The molecule has 0 heterocycles. The van der Waals surface area contributed by atoms with E-state index in [0.717, 1.165) is 0 Å². The maximum atomic E-state index is 7.17. The third kappa shape index (κ3) is 33.8. The van der Waals surface area contributed by atoms with Crippen LogP contribution < -0.4 is 0 Å². The first-order valence-corrected chi connectivity index (χ1v) is 11.6. The Kier molecular flexibility index (Phi) is 28.2. The normalized spacial score (nSPS) is 10.4. The van der Waals surface area contributed by atoms with Crippen LogP contribution in [0.25, 0.3) is 0 Å². The highest BCUT2D eigenvalue weighted by Gasteiger charge is 1.94. The fourth-order valence-electron chi connectivity index (χ4n) is 2.79. The molecular formula is C19H43BO3S. The van der Waals surface area contributed by atoms with E-state index in [1.165, 1.54) is 108 Å². The summed E-state index contributed by atoms with van der Waals surface area (Å²) in [6.07, 6.45) is 25.7. The Morgan fingerprint density at radius 2 is 0.792 bits per heavy atom. The van der Waals surface area contributed by atoms with Gasteiger partial charge in [0.1, 0.15) is 0 Å². The lowest BCUT2D eigenvalue weighted by molar-refractivity contribution is 0.278. The quantitative estimate of drug-likeness (QED) is 0.234. The molecule has 0 aliphatic carbocycles. The fourth-order valence-corrected chi connectivity index (χ4v) is 3.29. The highest BCUT2D eigenvalue weighted by molar-refractivity contribution is 7.98. The van der Waals surface area contributed by atoms with Crippen molar-refractivity contribution in [2.45, 2.75) is 110 Å². The van der Waals surface area contributed by atoms with E-state index in [2.05, 4.69) is 13.2 Å². The van der Waals surface area contributed by atoms with Gasteiger partial charge in [-0.25, -0.2) is 0 Å². The van der Waals surface area contributed by atoms with Crippen LogP contribution in [0.5, 0.6) is 0 Å². The van der Waals surface area contributed by atoms with Crippen LogP contribution >= 0.6 is 11.8 Å². The molecule has 5 heteroatoms. The Balaban J connectivity index is 0. The Morgan fingerprint density at radius 1 is 0.542 bits per heavy atom. The van der Waals surface area contributed by atoms with Crippen LogP contribution in [0.2, 0.25) is 0 Å². The number of hydrogen-bond donors (Lipinski definition) is 3. The Bertz CT molecular complexity index is 186. The predicted molar refractivity (Wildman–Crippen MR) is 110 cm³/mol. The molecule has 0 aromatic rings. The smallest absolute Gasteiger partial charge is 0.402 e. The second kappa shape index (κ2) is 25.5. The second-order valence-corrected chi connectivity index (χ2v) is 7.63. The third-order valence-electron chi connectivity index (χ3n) is 4.20. The monoisotopic (exact) mass is 362 g/mol. The molecule has 0 aliphatic rings. The second-order valence-electron chi connectivity index (χ2n) is 6.64. The van der Waals surface area contributed by atoms with Crippen molar-refractivity contribution >= 4 is 19.1 Å². The summed E-state index contributed by atoms with van der Waals surface area (Å²) < 4.78 is 0. The van der Waals surface area contributed by atoms with Crippen molar-refractivity contribution in [2.24, 2.45) is 0 Å². The van der Waals surface area contributed by atoms with Gasteiger partial charge in [-0.1, -0.05) is 103 Å². The van der Waals surface area contributed by atoms with Crippen LogP contribution in [-0.4, -0.2) is 34.4 Å². The van der Waals surface area contributed by atoms with E-state index in [-0.39, 0.29) is 0 Å². The molecule has 0 spiro atoms. The number of rotatable bonds is 17. The first kappa shape index (κ1) is 26.5. The molecule has 0 bridgehead atoms. The van der Waals surface area contributed by atoms with Crippen molar-refractivity contribution in [3.63, 3.8) is 0 Å². The van der Waals surface area contributed by atoms with Crippen molar-refractivity contribution < 1.29 is 15.1 Å². The zero-order chi connectivity index (χ0) is 18.3. The minimum atomic E-state index is -2.17. The molecule has 146 valence electrons. The lowest BCUT2D eigenvalue weighted by atomic mass is 10.0. The molecule has 0 aromatic carbocycles. The molecule has 0 saturated heterocycles. The van der Waals surface area contributed by atoms with Crippen molar-refractivity contribution in [3.05, 3.63) is 0 Å². The van der Waals surface area contributed by atoms with Crippen LogP contribution in [-0.2, 0) is 0 Å². The minimum absolute atomic E-state index is 1.36. The van der Waals surface area contributed by atoms with Gasteiger partial charge in [0.05, 0.1) is 0 Å². The fraction of sp³-hybridized carbons (Fsp3) is 1.00. The van der Waals surface area contributed by atoms with Crippen molar-refractivity contribution in [2.75, 3.05) is 12.0 Å². The lowest BCUT2D eigenvalue weighted by Gasteiger charge is -2.03. The summed E-state index contributed by atoms with van der Waals surface area (Å²) in [5.74, 6) is 1.36. The third-order valence-corrected chi connectivity index (χ3v) is 4.90. The van der Waals surface area contributed by atoms with Gasteiger partial charge in [-0.2, -0.15) is 11.8 Å². The molecule has 0 aliphatic heterocycles. The topological polar surface area (TPSA) is 60.7 Å². The molecule has 0 aromatic heterocycles. The van der Waals surface area contributed by atoms with Crippen molar-refractivity contribution in [3.8, 4) is 0 Å². The molecule has 24 heavy (non-hydrogen) atoms. The van der Waals surface area contributed by atoms with Crippen molar-refractivity contribution in [1.29, 1.82) is 0 Å². The largest absolute Gasteiger partial charge is 0.631 e. The Labute approximate surface area is 156 Å². The first-order valence-electron chi connectivity index (χ1n) is 10.2. The molecule has 0 atom stereocenters. The summed E-state index contributed by atoms with van der Waals surface area (Å²) in [5.41, 5.74) is 0. The highest BCUT2D eigenvalue weighted by Crippen LogP contribution is 2.13. The summed E-state index contributed by atoms with van der Waals surface area (Å²) in [4.78, 5) is 0. The van der Waals surface area contributed by atoms with Gasteiger partial charge in [0.2, 0.25) is 0 Å². The van der Waals surface area contributed by atoms with E-state index in [0.29, 0.717) is 0 Å². The zero-order valence-corrected chi connectivity index (χ0v) is 17.2. The van der Waals surface area contributed by atoms with E-state index >= 15 is 0 Å². The van der Waals surface area contributed by atoms with Gasteiger partial charge < -0.3 is 15.1 Å². The van der Waals surface area contributed by atoms with E-state index < -0.39 is 7.32 Å². The summed E-state index contributed by atoms with van der Waals surface area (Å²) in [6.45, 7) is 2.30. The standard InChI is InChI=1S/C19H40S.BH3O3/c1-3-4-5-6-7-8-9-10-11-12-13-14-15-16-17-18-19-20-2;2-1(3)4/h3-19H2,1-2H3;2-4H. The van der Waals surface area contributed by atoms with E-state index in [9.17, 15) is 0 Å².